The van der Waals surface area contributed by atoms with Crippen molar-refractivity contribution in [3.05, 3.63) is 0 Å². The summed E-state index contributed by atoms with van der Waals surface area (Å²) >= 11 is 0. The zero-order chi connectivity index (χ0) is 11.8. The monoisotopic (exact) mass is 228 g/mol. The molecule has 0 saturated heterocycles. The number of carbonyl (C=O) groups is 1. The largest absolute Gasteiger partial charge is 0.481 e. The second-order valence-electron chi connectivity index (χ2n) is 4.97. The Balaban J connectivity index is 1.92. The molecule has 0 aromatic rings. The second kappa shape index (κ2) is 7.66. The van der Waals surface area contributed by atoms with Gasteiger partial charge in [-0.15, -0.1) is 0 Å². The lowest BCUT2D eigenvalue weighted by Crippen LogP contribution is -2.21. The van der Waals surface area contributed by atoms with Crippen LogP contribution in [0.25, 0.3) is 0 Å². The Labute approximate surface area is 98.2 Å². The van der Waals surface area contributed by atoms with E-state index in [1.54, 1.807) is 0 Å². The molecule has 0 aromatic heterocycles. The van der Waals surface area contributed by atoms with Crippen LogP contribution in [0.15, 0.2) is 0 Å². The number of hydrogen-bond donors (Lipinski definition) is 1. The molecule has 0 aliphatic heterocycles. The highest BCUT2D eigenvalue weighted by molar-refractivity contribution is 5.66. The first-order valence-electron chi connectivity index (χ1n) is 6.52. The van der Waals surface area contributed by atoms with Crippen LogP contribution >= 0.6 is 0 Å². The van der Waals surface area contributed by atoms with Gasteiger partial charge in [-0.1, -0.05) is 26.2 Å². The molecule has 2 atom stereocenters. The van der Waals surface area contributed by atoms with E-state index in [-0.39, 0.29) is 0 Å². The minimum absolute atomic E-state index is 0.292. The molecule has 0 unspecified atom stereocenters. The van der Waals surface area contributed by atoms with E-state index in [1.165, 1.54) is 25.7 Å². The van der Waals surface area contributed by atoms with Gasteiger partial charge in [0.2, 0.25) is 0 Å². The predicted octanol–water partition coefficient (Wildman–Crippen LogP) is 3.23. The first-order chi connectivity index (χ1) is 7.68. The predicted molar refractivity (Wildman–Crippen MR) is 63.5 cm³/mol. The third-order valence-electron chi connectivity index (χ3n) is 3.28. The van der Waals surface area contributed by atoms with Crippen LogP contribution in [0.3, 0.4) is 0 Å². The molecule has 3 nitrogen and oxygen atoms in total. The minimum atomic E-state index is -0.693. The fourth-order valence-electron chi connectivity index (χ4n) is 2.33. The zero-order valence-corrected chi connectivity index (χ0v) is 10.3. The quantitative estimate of drug-likeness (QED) is 0.680. The fraction of sp³-hybridized carbons (Fsp3) is 0.923. The molecule has 1 fully saturated rings. The van der Waals surface area contributed by atoms with Crippen molar-refractivity contribution in [2.75, 3.05) is 6.61 Å². The van der Waals surface area contributed by atoms with Gasteiger partial charge >= 0.3 is 5.97 Å². The van der Waals surface area contributed by atoms with Crippen LogP contribution in [0.1, 0.15) is 58.3 Å². The Bertz CT molecular complexity index is 203. The van der Waals surface area contributed by atoms with E-state index in [0.717, 1.165) is 31.8 Å². The third-order valence-corrected chi connectivity index (χ3v) is 3.28. The fourth-order valence-corrected chi connectivity index (χ4v) is 2.33. The molecule has 1 saturated carbocycles. The first-order valence-corrected chi connectivity index (χ1v) is 6.52. The Morgan fingerprint density at radius 2 is 2.12 bits per heavy atom. The molecule has 0 radical (unpaired) electrons. The molecule has 1 aliphatic rings. The second-order valence-corrected chi connectivity index (χ2v) is 4.97. The van der Waals surface area contributed by atoms with Crippen molar-refractivity contribution in [3.63, 3.8) is 0 Å². The van der Waals surface area contributed by atoms with Crippen molar-refractivity contribution in [1.29, 1.82) is 0 Å². The van der Waals surface area contributed by atoms with Gasteiger partial charge in [0.1, 0.15) is 0 Å². The van der Waals surface area contributed by atoms with Gasteiger partial charge in [-0.2, -0.15) is 0 Å². The van der Waals surface area contributed by atoms with Crippen molar-refractivity contribution in [2.45, 2.75) is 64.4 Å². The molecule has 0 aromatic carbocycles. The van der Waals surface area contributed by atoms with Gasteiger partial charge in [0.05, 0.1) is 6.10 Å². The minimum Gasteiger partial charge on any atom is -0.481 e. The van der Waals surface area contributed by atoms with Gasteiger partial charge in [-0.25, -0.2) is 0 Å². The summed E-state index contributed by atoms with van der Waals surface area (Å²) in [4.78, 5) is 10.3. The number of rotatable bonds is 7. The van der Waals surface area contributed by atoms with Crippen molar-refractivity contribution >= 4 is 5.97 Å². The summed E-state index contributed by atoms with van der Waals surface area (Å²) in [5, 5.41) is 8.47. The van der Waals surface area contributed by atoms with Crippen LogP contribution in [0.4, 0.5) is 0 Å². The van der Waals surface area contributed by atoms with Crippen molar-refractivity contribution in [2.24, 2.45) is 5.92 Å². The highest BCUT2D eigenvalue weighted by Crippen LogP contribution is 2.25. The number of ether oxygens (including phenoxy) is 1. The summed E-state index contributed by atoms with van der Waals surface area (Å²) in [7, 11) is 0. The van der Waals surface area contributed by atoms with Crippen LogP contribution in [0, 0.1) is 5.92 Å². The van der Waals surface area contributed by atoms with Gasteiger partial charge in [0, 0.05) is 13.0 Å². The molecule has 0 bridgehead atoms. The summed E-state index contributed by atoms with van der Waals surface area (Å²) < 4.78 is 5.81. The normalized spacial score (nSPS) is 25.6. The molecule has 94 valence electrons. The lowest BCUT2D eigenvalue weighted by Gasteiger charge is -2.26. The number of unbranched alkanes of at least 4 members (excludes halogenated alkanes) is 2. The highest BCUT2D eigenvalue weighted by atomic mass is 16.5. The lowest BCUT2D eigenvalue weighted by atomic mass is 9.89. The van der Waals surface area contributed by atoms with Gasteiger partial charge in [0.15, 0.2) is 0 Å². The topological polar surface area (TPSA) is 46.5 Å². The number of carboxylic acid groups (broad SMARTS) is 1. The zero-order valence-electron chi connectivity index (χ0n) is 10.3. The summed E-state index contributed by atoms with van der Waals surface area (Å²) in [5.74, 6) is 0.118. The molecule has 1 rings (SSSR count). The van der Waals surface area contributed by atoms with Crippen LogP contribution < -0.4 is 0 Å². The van der Waals surface area contributed by atoms with E-state index in [9.17, 15) is 4.79 Å². The van der Waals surface area contributed by atoms with Crippen LogP contribution in [0.2, 0.25) is 0 Å². The summed E-state index contributed by atoms with van der Waals surface area (Å²) in [6.07, 6.45) is 8.55. The molecule has 1 aliphatic carbocycles. The average Bonchev–Trinajstić information content (AvgIpc) is 2.23. The number of aliphatic carboxylic acids is 1. The van der Waals surface area contributed by atoms with Crippen LogP contribution in [-0.4, -0.2) is 23.8 Å². The van der Waals surface area contributed by atoms with E-state index in [0.29, 0.717) is 12.5 Å². The van der Waals surface area contributed by atoms with Crippen LogP contribution in [0.5, 0.6) is 0 Å². The van der Waals surface area contributed by atoms with Gasteiger partial charge < -0.3 is 9.84 Å². The Morgan fingerprint density at radius 1 is 1.31 bits per heavy atom. The molecule has 3 heteroatoms. The molecule has 0 spiro atoms. The molecule has 16 heavy (non-hydrogen) atoms. The standard InChI is InChI=1S/C13H24O3/c1-11-6-5-7-12(10-11)16-9-4-2-3-8-13(14)15/h11-12H,2-10H2,1H3,(H,14,15)/t11-,12-/m1/s1. The maximum absolute atomic E-state index is 10.3. The number of hydrogen-bond acceptors (Lipinski definition) is 2. The van der Waals surface area contributed by atoms with Gasteiger partial charge in [-0.3, -0.25) is 4.79 Å². The lowest BCUT2D eigenvalue weighted by molar-refractivity contribution is -0.137. The smallest absolute Gasteiger partial charge is 0.303 e. The van der Waals surface area contributed by atoms with Gasteiger partial charge in [-0.05, 0) is 31.6 Å². The summed E-state index contributed by atoms with van der Waals surface area (Å²) in [5.41, 5.74) is 0. The Kier molecular flexibility index (Phi) is 6.46. The maximum Gasteiger partial charge on any atom is 0.303 e. The molecular formula is C13H24O3. The van der Waals surface area contributed by atoms with Crippen LogP contribution in [-0.2, 0) is 9.53 Å². The molecule has 0 heterocycles. The first kappa shape index (κ1) is 13.5. The SMILES string of the molecule is C[C@@H]1CCC[C@@H](OCCCCCC(=O)O)C1. The summed E-state index contributed by atoms with van der Waals surface area (Å²) in [6, 6.07) is 0. The highest BCUT2D eigenvalue weighted by Gasteiger charge is 2.18. The molecule has 0 amide bonds. The van der Waals surface area contributed by atoms with E-state index in [1.807, 2.05) is 0 Å². The average molecular weight is 228 g/mol. The number of carboxylic acids is 1. The van der Waals surface area contributed by atoms with E-state index < -0.39 is 5.97 Å². The Morgan fingerprint density at radius 3 is 2.81 bits per heavy atom. The third kappa shape index (κ3) is 6.11. The van der Waals surface area contributed by atoms with Gasteiger partial charge in [0.25, 0.3) is 0 Å². The van der Waals surface area contributed by atoms with Crippen molar-refractivity contribution in [3.8, 4) is 0 Å². The maximum atomic E-state index is 10.3. The van der Waals surface area contributed by atoms with Crippen molar-refractivity contribution < 1.29 is 14.6 Å². The van der Waals surface area contributed by atoms with E-state index in [4.69, 9.17) is 9.84 Å². The van der Waals surface area contributed by atoms with E-state index >= 15 is 0 Å². The summed E-state index contributed by atoms with van der Waals surface area (Å²) in [6.45, 7) is 3.10. The Hall–Kier alpha value is -0.570. The van der Waals surface area contributed by atoms with Crippen molar-refractivity contribution in [1.82, 2.24) is 0 Å². The van der Waals surface area contributed by atoms with E-state index in [2.05, 4.69) is 6.92 Å². The molecular weight excluding hydrogens is 204 g/mol. The molecule has 1 N–H and O–H groups in total.